The molecule has 15 heavy (non-hydrogen) atoms. The van der Waals surface area contributed by atoms with Gasteiger partial charge in [0, 0.05) is 12.1 Å². The summed E-state index contributed by atoms with van der Waals surface area (Å²) in [5.74, 6) is -1.02. The predicted octanol–water partition coefficient (Wildman–Crippen LogP) is -0.0373. The quantitative estimate of drug-likeness (QED) is 0.460. The minimum atomic E-state index is -1.02. The van der Waals surface area contributed by atoms with Crippen molar-refractivity contribution in [2.45, 2.75) is 44.8 Å². The van der Waals surface area contributed by atoms with Gasteiger partial charge in [0.05, 0.1) is 19.1 Å². The fraction of sp³-hybridized carbons (Fsp3) is 0.900. The largest absolute Gasteiger partial charge is 0.481 e. The second-order valence-corrected chi connectivity index (χ2v) is 3.78. The average Bonchev–Trinajstić information content (AvgIpc) is 2.20. The Morgan fingerprint density at radius 3 is 2.27 bits per heavy atom. The lowest BCUT2D eigenvalue weighted by Gasteiger charge is -2.31. The molecule has 0 saturated heterocycles. The fourth-order valence-electron chi connectivity index (χ4n) is 1.39. The molecule has 0 aromatic carbocycles. The number of aliphatic carboxylic acids is 1. The van der Waals surface area contributed by atoms with Crippen molar-refractivity contribution < 1.29 is 20.1 Å². The summed E-state index contributed by atoms with van der Waals surface area (Å²) in [7, 11) is 0. The van der Waals surface area contributed by atoms with Crippen LogP contribution in [0.2, 0.25) is 0 Å². The van der Waals surface area contributed by atoms with E-state index >= 15 is 0 Å². The summed E-state index contributed by atoms with van der Waals surface area (Å²) < 4.78 is 0. The van der Waals surface area contributed by atoms with Crippen LogP contribution in [0, 0.1) is 0 Å². The summed E-state index contributed by atoms with van der Waals surface area (Å²) in [6.45, 7) is 4.06. The molecule has 0 aromatic heterocycles. The zero-order chi connectivity index (χ0) is 11.9. The van der Waals surface area contributed by atoms with Gasteiger partial charge in [-0.25, -0.2) is 0 Å². The molecule has 0 radical (unpaired) electrons. The number of carboxylic acids is 1. The third kappa shape index (κ3) is 5.11. The Labute approximate surface area is 90.1 Å². The lowest BCUT2D eigenvalue weighted by Crippen LogP contribution is -2.50. The second kappa shape index (κ2) is 6.76. The van der Waals surface area contributed by atoms with Crippen LogP contribution < -0.4 is 5.32 Å². The third-order valence-corrected chi connectivity index (χ3v) is 2.78. The molecule has 0 aromatic rings. The average molecular weight is 219 g/mol. The van der Waals surface area contributed by atoms with Crippen LogP contribution >= 0.6 is 0 Å². The maximum absolute atomic E-state index is 10.3. The molecule has 0 saturated carbocycles. The zero-order valence-electron chi connectivity index (χ0n) is 9.36. The molecule has 4 N–H and O–H groups in total. The van der Waals surface area contributed by atoms with Crippen molar-refractivity contribution in [1.29, 1.82) is 0 Å². The molecule has 5 heteroatoms. The van der Waals surface area contributed by atoms with E-state index in [1.807, 2.05) is 13.8 Å². The van der Waals surface area contributed by atoms with Crippen LogP contribution in [0.15, 0.2) is 0 Å². The van der Waals surface area contributed by atoms with Gasteiger partial charge < -0.3 is 20.6 Å². The number of aliphatic hydroxyl groups excluding tert-OH is 2. The van der Waals surface area contributed by atoms with Crippen molar-refractivity contribution >= 4 is 5.97 Å². The van der Waals surface area contributed by atoms with Crippen molar-refractivity contribution in [2.75, 3.05) is 13.2 Å². The second-order valence-electron chi connectivity index (χ2n) is 3.78. The number of nitrogens with one attached hydrogen (secondary N) is 1. The van der Waals surface area contributed by atoms with Crippen LogP contribution in [-0.2, 0) is 4.79 Å². The molecule has 1 atom stereocenters. The van der Waals surface area contributed by atoms with Gasteiger partial charge in [0.25, 0.3) is 0 Å². The topological polar surface area (TPSA) is 89.8 Å². The molecular formula is C10H21NO4. The molecule has 5 nitrogen and oxygen atoms in total. The van der Waals surface area contributed by atoms with Gasteiger partial charge in [0.2, 0.25) is 0 Å². The van der Waals surface area contributed by atoms with Crippen molar-refractivity contribution in [2.24, 2.45) is 0 Å². The lowest BCUT2D eigenvalue weighted by molar-refractivity contribution is -0.139. The highest BCUT2D eigenvalue weighted by molar-refractivity contribution is 5.67. The molecular weight excluding hydrogens is 198 g/mol. The number of rotatable bonds is 8. The first-order valence-corrected chi connectivity index (χ1v) is 5.25. The van der Waals surface area contributed by atoms with E-state index in [4.69, 9.17) is 5.11 Å². The molecule has 0 heterocycles. The van der Waals surface area contributed by atoms with Crippen LogP contribution in [0.25, 0.3) is 0 Å². The maximum atomic E-state index is 10.3. The Kier molecular flexibility index (Phi) is 6.47. The Hall–Kier alpha value is -0.650. The van der Waals surface area contributed by atoms with Crippen molar-refractivity contribution in [3.05, 3.63) is 0 Å². The number of carbonyl (C=O) groups is 1. The summed E-state index contributed by atoms with van der Waals surface area (Å²) in [5.41, 5.74) is -0.403. The monoisotopic (exact) mass is 219 g/mol. The number of β-amino-alcohol motifs (C(OH)–C–C–N with tert-alkyl or cyclic N) is 1. The molecule has 1 unspecified atom stereocenters. The van der Waals surface area contributed by atoms with Crippen LogP contribution in [0.4, 0.5) is 0 Å². The molecule has 0 spiro atoms. The highest BCUT2D eigenvalue weighted by atomic mass is 16.4. The van der Waals surface area contributed by atoms with Crippen LogP contribution in [0.5, 0.6) is 0 Å². The van der Waals surface area contributed by atoms with Gasteiger partial charge in [-0.2, -0.15) is 0 Å². The third-order valence-electron chi connectivity index (χ3n) is 2.78. The van der Waals surface area contributed by atoms with Gasteiger partial charge in [-0.05, 0) is 12.8 Å². The highest BCUT2D eigenvalue weighted by Crippen LogP contribution is 2.13. The van der Waals surface area contributed by atoms with Gasteiger partial charge in [0.15, 0.2) is 0 Å². The molecule has 0 bridgehead atoms. The molecule has 0 aliphatic heterocycles. The number of carboxylic acid groups (broad SMARTS) is 1. The van der Waals surface area contributed by atoms with Crippen molar-refractivity contribution in [3.63, 3.8) is 0 Å². The van der Waals surface area contributed by atoms with Crippen LogP contribution in [0.1, 0.15) is 33.1 Å². The Balaban J connectivity index is 4.04. The first kappa shape index (κ1) is 14.3. The summed E-state index contributed by atoms with van der Waals surface area (Å²) in [4.78, 5) is 10.3. The van der Waals surface area contributed by atoms with E-state index in [1.54, 1.807) is 0 Å². The maximum Gasteiger partial charge on any atom is 0.306 e. The normalized spacial score (nSPS) is 13.9. The molecule has 0 rings (SSSR count). The van der Waals surface area contributed by atoms with E-state index < -0.39 is 17.6 Å². The summed E-state index contributed by atoms with van der Waals surface area (Å²) in [6, 6.07) is 0. The van der Waals surface area contributed by atoms with Gasteiger partial charge in [-0.15, -0.1) is 0 Å². The fourth-order valence-corrected chi connectivity index (χ4v) is 1.39. The van der Waals surface area contributed by atoms with E-state index in [0.717, 1.165) is 12.8 Å². The minimum absolute atomic E-state index is 0.0141. The lowest BCUT2D eigenvalue weighted by atomic mass is 9.93. The van der Waals surface area contributed by atoms with E-state index in [9.17, 15) is 15.0 Å². The Morgan fingerprint density at radius 2 is 1.93 bits per heavy atom. The summed E-state index contributed by atoms with van der Waals surface area (Å²) >= 11 is 0. The van der Waals surface area contributed by atoms with Crippen LogP contribution in [0.3, 0.4) is 0 Å². The molecule has 0 fully saturated rings. The predicted molar refractivity (Wildman–Crippen MR) is 56.7 cm³/mol. The highest BCUT2D eigenvalue weighted by Gasteiger charge is 2.25. The Morgan fingerprint density at radius 1 is 1.40 bits per heavy atom. The van der Waals surface area contributed by atoms with Crippen LogP contribution in [-0.4, -0.2) is 46.1 Å². The SMILES string of the molecule is CCC(CC)(CO)NCC(O)CC(=O)O. The standard InChI is InChI=1S/C10H21NO4/c1-3-10(4-2,7-12)11-6-8(13)5-9(14)15/h8,11-13H,3-7H2,1-2H3,(H,14,15). The first-order valence-electron chi connectivity index (χ1n) is 5.25. The number of hydrogen-bond acceptors (Lipinski definition) is 4. The number of hydrogen-bond donors (Lipinski definition) is 4. The van der Waals surface area contributed by atoms with Gasteiger partial charge in [0.1, 0.15) is 0 Å². The molecule has 0 aliphatic carbocycles. The van der Waals surface area contributed by atoms with E-state index in [2.05, 4.69) is 5.32 Å². The Bertz CT molecular complexity index is 184. The summed E-state index contributed by atoms with van der Waals surface area (Å²) in [6.07, 6.45) is 0.285. The molecule has 0 aliphatic rings. The van der Waals surface area contributed by atoms with Gasteiger partial charge in [-0.1, -0.05) is 13.8 Å². The minimum Gasteiger partial charge on any atom is -0.481 e. The smallest absolute Gasteiger partial charge is 0.306 e. The molecule has 0 amide bonds. The van der Waals surface area contributed by atoms with E-state index in [0.29, 0.717) is 0 Å². The zero-order valence-corrected chi connectivity index (χ0v) is 9.36. The van der Waals surface area contributed by atoms with Crippen molar-refractivity contribution in [1.82, 2.24) is 5.32 Å². The van der Waals surface area contributed by atoms with E-state index in [-0.39, 0.29) is 19.6 Å². The van der Waals surface area contributed by atoms with Gasteiger partial charge >= 0.3 is 5.97 Å². The van der Waals surface area contributed by atoms with Crippen molar-refractivity contribution in [3.8, 4) is 0 Å². The summed E-state index contributed by atoms with van der Waals surface area (Å²) in [5, 5.41) is 30.0. The van der Waals surface area contributed by atoms with Gasteiger partial charge in [-0.3, -0.25) is 4.79 Å². The number of aliphatic hydroxyl groups is 2. The molecule has 90 valence electrons. The van der Waals surface area contributed by atoms with E-state index in [1.165, 1.54) is 0 Å². The first-order chi connectivity index (χ1) is 6.99.